The minimum atomic E-state index is -3.96. The van der Waals surface area contributed by atoms with Crippen LogP contribution in [0.15, 0.2) is 47.4 Å². The lowest BCUT2D eigenvalue weighted by atomic mass is 10.3. The number of para-hydroxylation sites is 2. The predicted molar refractivity (Wildman–Crippen MR) is 101 cm³/mol. The van der Waals surface area contributed by atoms with Gasteiger partial charge < -0.3 is 19.5 Å². The van der Waals surface area contributed by atoms with Crippen molar-refractivity contribution >= 4 is 21.6 Å². The van der Waals surface area contributed by atoms with Gasteiger partial charge in [-0.3, -0.25) is 4.79 Å². The van der Waals surface area contributed by atoms with E-state index in [-0.39, 0.29) is 10.6 Å². The number of methoxy groups -OCH3 is 2. The molecular weight excluding hydrogens is 372 g/mol. The molecule has 146 valence electrons. The van der Waals surface area contributed by atoms with Gasteiger partial charge in [0.1, 0.15) is 22.1 Å². The van der Waals surface area contributed by atoms with Gasteiger partial charge in [-0.2, -0.15) is 0 Å². The van der Waals surface area contributed by atoms with Crippen molar-refractivity contribution in [3.05, 3.63) is 42.5 Å². The summed E-state index contributed by atoms with van der Waals surface area (Å²) >= 11 is 0. The topological polar surface area (TPSA) is 103 Å². The molecule has 9 heteroatoms. The molecule has 0 radical (unpaired) electrons. The van der Waals surface area contributed by atoms with E-state index in [2.05, 4.69) is 10.0 Å². The Morgan fingerprint density at radius 2 is 1.78 bits per heavy atom. The van der Waals surface area contributed by atoms with Gasteiger partial charge in [0, 0.05) is 6.07 Å². The van der Waals surface area contributed by atoms with Crippen LogP contribution < -0.4 is 24.2 Å². The third kappa shape index (κ3) is 5.35. The summed E-state index contributed by atoms with van der Waals surface area (Å²) in [5.74, 6) is 0.547. The van der Waals surface area contributed by atoms with Gasteiger partial charge in [-0.1, -0.05) is 12.1 Å². The second-order valence-corrected chi connectivity index (χ2v) is 7.05. The van der Waals surface area contributed by atoms with E-state index in [4.69, 9.17) is 14.2 Å². The first-order chi connectivity index (χ1) is 12.9. The zero-order valence-corrected chi connectivity index (χ0v) is 16.1. The van der Waals surface area contributed by atoms with Crippen LogP contribution >= 0.6 is 0 Å². The molecule has 27 heavy (non-hydrogen) atoms. The monoisotopic (exact) mass is 394 g/mol. The Bertz CT molecular complexity index is 898. The molecule has 0 aliphatic rings. The van der Waals surface area contributed by atoms with E-state index in [0.717, 1.165) is 0 Å². The van der Waals surface area contributed by atoms with Crippen LogP contribution in [0.2, 0.25) is 0 Å². The molecule has 8 nitrogen and oxygen atoms in total. The van der Waals surface area contributed by atoms with E-state index in [1.165, 1.54) is 32.4 Å². The minimum Gasteiger partial charge on any atom is -0.497 e. The Hall–Kier alpha value is -2.78. The number of anilines is 1. The molecule has 0 bridgehead atoms. The number of hydrogen-bond acceptors (Lipinski definition) is 6. The Morgan fingerprint density at radius 3 is 2.44 bits per heavy atom. The lowest BCUT2D eigenvalue weighted by Gasteiger charge is -2.13. The van der Waals surface area contributed by atoms with Crippen molar-refractivity contribution in [1.82, 2.24) is 4.72 Å². The van der Waals surface area contributed by atoms with Crippen molar-refractivity contribution in [2.75, 3.05) is 32.7 Å². The standard InChI is InChI=1S/C18H22N2O6S/c1-4-26-15-8-6-5-7-14(15)20-18(21)12-19-27(22,23)17-10-9-13(24-2)11-16(17)25-3/h5-11,19H,4,12H2,1-3H3,(H,20,21). The number of amides is 1. The fraction of sp³-hybridized carbons (Fsp3) is 0.278. The summed E-state index contributed by atoms with van der Waals surface area (Å²) < 4.78 is 42.8. The summed E-state index contributed by atoms with van der Waals surface area (Å²) in [4.78, 5) is 12.1. The minimum absolute atomic E-state index is 0.0895. The zero-order chi connectivity index (χ0) is 19.9. The smallest absolute Gasteiger partial charge is 0.244 e. The highest BCUT2D eigenvalue weighted by Crippen LogP contribution is 2.28. The number of rotatable bonds is 9. The first-order valence-corrected chi connectivity index (χ1v) is 9.63. The van der Waals surface area contributed by atoms with E-state index in [1.807, 2.05) is 6.92 Å². The maximum atomic E-state index is 12.5. The highest BCUT2D eigenvalue weighted by molar-refractivity contribution is 7.89. The normalized spacial score (nSPS) is 10.9. The first kappa shape index (κ1) is 20.5. The van der Waals surface area contributed by atoms with Crippen molar-refractivity contribution in [2.45, 2.75) is 11.8 Å². The average Bonchev–Trinajstić information content (AvgIpc) is 2.67. The van der Waals surface area contributed by atoms with Crippen molar-refractivity contribution < 1.29 is 27.4 Å². The molecule has 2 rings (SSSR count). The van der Waals surface area contributed by atoms with Crippen LogP contribution in [0.25, 0.3) is 0 Å². The third-order valence-corrected chi connectivity index (χ3v) is 4.98. The molecule has 0 aliphatic heterocycles. The fourth-order valence-corrected chi connectivity index (χ4v) is 3.41. The van der Waals surface area contributed by atoms with Crippen LogP contribution in [0, 0.1) is 0 Å². The maximum Gasteiger partial charge on any atom is 0.244 e. The average molecular weight is 394 g/mol. The predicted octanol–water partition coefficient (Wildman–Crippen LogP) is 2.02. The lowest BCUT2D eigenvalue weighted by molar-refractivity contribution is -0.115. The van der Waals surface area contributed by atoms with Crippen molar-refractivity contribution in [2.24, 2.45) is 0 Å². The van der Waals surface area contributed by atoms with E-state index >= 15 is 0 Å². The molecule has 0 aromatic heterocycles. The molecule has 0 fully saturated rings. The van der Waals surface area contributed by atoms with Crippen LogP contribution in [-0.4, -0.2) is 41.7 Å². The molecule has 1 amide bonds. The molecule has 2 N–H and O–H groups in total. The van der Waals surface area contributed by atoms with Gasteiger partial charge in [0.05, 0.1) is 33.1 Å². The number of sulfonamides is 1. The molecule has 0 unspecified atom stereocenters. The number of carbonyl (C=O) groups excluding carboxylic acids is 1. The fourth-order valence-electron chi connectivity index (χ4n) is 2.28. The van der Waals surface area contributed by atoms with Crippen LogP contribution in [0.4, 0.5) is 5.69 Å². The van der Waals surface area contributed by atoms with Crippen molar-refractivity contribution in [3.8, 4) is 17.2 Å². The Kier molecular flexibility index (Phi) is 7.03. The summed E-state index contributed by atoms with van der Waals surface area (Å²) in [6.45, 7) is 1.82. The first-order valence-electron chi connectivity index (χ1n) is 8.14. The van der Waals surface area contributed by atoms with E-state index in [9.17, 15) is 13.2 Å². The molecule has 0 heterocycles. The Morgan fingerprint density at radius 1 is 1.04 bits per heavy atom. The van der Waals surface area contributed by atoms with Gasteiger partial charge in [-0.25, -0.2) is 13.1 Å². The molecule has 2 aromatic rings. The van der Waals surface area contributed by atoms with E-state index in [0.29, 0.717) is 23.8 Å². The molecule has 2 aromatic carbocycles. The quantitative estimate of drug-likeness (QED) is 0.675. The van der Waals surface area contributed by atoms with Gasteiger partial charge in [0.2, 0.25) is 15.9 Å². The third-order valence-electron chi connectivity index (χ3n) is 3.54. The second-order valence-electron chi connectivity index (χ2n) is 5.32. The van der Waals surface area contributed by atoms with Gasteiger partial charge >= 0.3 is 0 Å². The second kappa shape index (κ2) is 9.24. The molecule has 0 saturated heterocycles. The van der Waals surface area contributed by atoms with Crippen molar-refractivity contribution in [1.29, 1.82) is 0 Å². The number of carbonyl (C=O) groups is 1. The van der Waals surface area contributed by atoms with E-state index in [1.54, 1.807) is 24.3 Å². The number of nitrogens with one attached hydrogen (secondary N) is 2. The van der Waals surface area contributed by atoms with Crippen LogP contribution in [0.1, 0.15) is 6.92 Å². The van der Waals surface area contributed by atoms with Crippen LogP contribution in [0.3, 0.4) is 0 Å². The Balaban J connectivity index is 2.08. The summed E-state index contributed by atoms with van der Waals surface area (Å²) in [6, 6.07) is 11.2. The summed E-state index contributed by atoms with van der Waals surface area (Å²) in [7, 11) is -1.14. The number of benzene rings is 2. The number of hydrogen-bond donors (Lipinski definition) is 2. The highest BCUT2D eigenvalue weighted by Gasteiger charge is 2.21. The SMILES string of the molecule is CCOc1ccccc1NC(=O)CNS(=O)(=O)c1ccc(OC)cc1OC. The van der Waals surface area contributed by atoms with Gasteiger partial charge in [-0.15, -0.1) is 0 Å². The van der Waals surface area contributed by atoms with Gasteiger partial charge in [-0.05, 0) is 31.2 Å². The maximum absolute atomic E-state index is 12.5. The molecule has 0 saturated carbocycles. The van der Waals surface area contributed by atoms with Gasteiger partial charge in [0.25, 0.3) is 0 Å². The Labute approximate surface area is 158 Å². The molecule has 0 aliphatic carbocycles. The summed E-state index contributed by atoms with van der Waals surface area (Å²) in [6.07, 6.45) is 0. The van der Waals surface area contributed by atoms with E-state index < -0.39 is 22.5 Å². The molecule has 0 spiro atoms. The highest BCUT2D eigenvalue weighted by atomic mass is 32.2. The lowest BCUT2D eigenvalue weighted by Crippen LogP contribution is -2.33. The molecular formula is C18H22N2O6S. The van der Waals surface area contributed by atoms with Crippen LogP contribution in [-0.2, 0) is 14.8 Å². The van der Waals surface area contributed by atoms with Crippen molar-refractivity contribution in [3.63, 3.8) is 0 Å². The molecule has 0 atom stereocenters. The summed E-state index contributed by atoms with van der Waals surface area (Å²) in [5, 5.41) is 2.62. The summed E-state index contributed by atoms with van der Waals surface area (Å²) in [5.41, 5.74) is 0.463. The van der Waals surface area contributed by atoms with Crippen LogP contribution in [0.5, 0.6) is 17.2 Å². The largest absolute Gasteiger partial charge is 0.497 e. The number of ether oxygens (including phenoxy) is 3. The zero-order valence-electron chi connectivity index (χ0n) is 15.3. The van der Waals surface area contributed by atoms with Gasteiger partial charge in [0.15, 0.2) is 0 Å².